The smallest absolute Gasteiger partial charge is 0.263 e. The number of fused-ring (bicyclic) bond motifs is 3. The molecule has 4 aromatic rings. The van der Waals surface area contributed by atoms with Crippen molar-refractivity contribution in [3.63, 3.8) is 0 Å². The summed E-state index contributed by atoms with van der Waals surface area (Å²) in [6.45, 7) is 9.59. The molecular formula is C26H28N6OS. The second kappa shape index (κ2) is 9.89. The van der Waals surface area contributed by atoms with Gasteiger partial charge in [-0.3, -0.25) is 23.6 Å². The summed E-state index contributed by atoms with van der Waals surface area (Å²) >= 11 is 5.81. The molecular weight excluding hydrogens is 444 g/mol. The van der Waals surface area contributed by atoms with Crippen molar-refractivity contribution < 1.29 is 0 Å². The number of aromatic nitrogens is 4. The fourth-order valence-electron chi connectivity index (χ4n) is 4.46. The first kappa shape index (κ1) is 22.5. The Labute approximate surface area is 203 Å². The predicted octanol–water partition coefficient (Wildman–Crippen LogP) is 3.65. The number of rotatable bonds is 7. The van der Waals surface area contributed by atoms with E-state index in [9.17, 15) is 4.79 Å². The number of benzene rings is 2. The van der Waals surface area contributed by atoms with Crippen LogP contribution in [0.2, 0.25) is 0 Å². The lowest BCUT2D eigenvalue weighted by molar-refractivity contribution is 0.110. The van der Waals surface area contributed by atoms with Crippen molar-refractivity contribution in [3.8, 4) is 0 Å². The summed E-state index contributed by atoms with van der Waals surface area (Å²) < 4.78 is 5.97. The van der Waals surface area contributed by atoms with Gasteiger partial charge in [-0.25, -0.2) is 4.68 Å². The van der Waals surface area contributed by atoms with Crippen LogP contribution in [-0.2, 0) is 13.2 Å². The van der Waals surface area contributed by atoms with E-state index in [1.54, 1.807) is 10.6 Å². The average Bonchev–Trinajstić information content (AvgIpc) is 3.19. The summed E-state index contributed by atoms with van der Waals surface area (Å²) in [6.07, 6.45) is 6.12. The van der Waals surface area contributed by atoms with E-state index in [2.05, 4.69) is 52.8 Å². The van der Waals surface area contributed by atoms with Crippen LogP contribution < -0.4 is 5.56 Å². The molecule has 5 rings (SSSR count). The zero-order chi connectivity index (χ0) is 23.5. The molecule has 0 spiro atoms. The SMILES string of the molecule is C=CCn1c(=O)c2ccccc2n2c(=S)n(CN3CCN(C/C=C/c4ccccc4)CC3)nc12. The summed E-state index contributed by atoms with van der Waals surface area (Å²) in [4.78, 5) is 17.9. The molecule has 1 aliphatic heterocycles. The van der Waals surface area contributed by atoms with E-state index in [0.29, 0.717) is 29.1 Å². The Balaban J connectivity index is 1.33. The summed E-state index contributed by atoms with van der Waals surface area (Å²) in [5.74, 6) is 0.554. The van der Waals surface area contributed by atoms with E-state index in [1.165, 1.54) is 5.56 Å². The predicted molar refractivity (Wildman–Crippen MR) is 139 cm³/mol. The van der Waals surface area contributed by atoms with Crippen LogP contribution in [0, 0.1) is 4.77 Å². The molecule has 0 bridgehead atoms. The number of nitrogens with zero attached hydrogens (tertiary/aromatic N) is 6. The maximum absolute atomic E-state index is 13.1. The Bertz CT molecular complexity index is 1460. The fraction of sp³-hybridized carbons (Fsp3) is 0.269. The van der Waals surface area contributed by atoms with Crippen LogP contribution in [0.5, 0.6) is 0 Å². The maximum atomic E-state index is 13.1. The highest BCUT2D eigenvalue weighted by atomic mass is 32.1. The van der Waals surface area contributed by atoms with Gasteiger partial charge in [-0.15, -0.1) is 11.7 Å². The van der Waals surface area contributed by atoms with Gasteiger partial charge < -0.3 is 0 Å². The van der Waals surface area contributed by atoms with E-state index in [-0.39, 0.29) is 5.56 Å². The van der Waals surface area contributed by atoms with E-state index >= 15 is 0 Å². The van der Waals surface area contributed by atoms with Crippen LogP contribution in [0.15, 0.2) is 78.1 Å². The highest BCUT2D eigenvalue weighted by Crippen LogP contribution is 2.15. The Kier molecular flexibility index (Phi) is 6.53. The van der Waals surface area contributed by atoms with E-state index in [1.807, 2.05) is 39.4 Å². The van der Waals surface area contributed by atoms with E-state index in [4.69, 9.17) is 17.3 Å². The van der Waals surface area contributed by atoms with Crippen molar-refractivity contribution in [3.05, 3.63) is 94.0 Å². The van der Waals surface area contributed by atoms with Gasteiger partial charge in [0.25, 0.3) is 5.56 Å². The number of hydrogen-bond acceptors (Lipinski definition) is 5. The fourth-order valence-corrected chi connectivity index (χ4v) is 4.74. The molecule has 2 aromatic carbocycles. The standard InChI is InChI=1S/C26H28N6OS/c1-2-14-30-24(33)22-12-6-7-13-23(22)32-25(30)27-31(26(32)34)20-29-18-16-28(17-19-29)15-8-11-21-9-4-3-5-10-21/h2-13H,1,14-20H2/b11-8+. The second-order valence-electron chi connectivity index (χ2n) is 8.51. The molecule has 3 heterocycles. The van der Waals surface area contributed by atoms with Crippen molar-refractivity contribution >= 4 is 35.0 Å². The van der Waals surface area contributed by atoms with Crippen molar-refractivity contribution in [2.45, 2.75) is 13.2 Å². The summed E-state index contributed by atoms with van der Waals surface area (Å²) in [6, 6.07) is 17.9. The summed E-state index contributed by atoms with van der Waals surface area (Å²) in [5, 5.41) is 5.39. The molecule has 7 nitrogen and oxygen atoms in total. The first-order chi connectivity index (χ1) is 16.7. The van der Waals surface area contributed by atoms with Crippen LogP contribution in [0.1, 0.15) is 5.56 Å². The first-order valence-corrected chi connectivity index (χ1v) is 11.9. The molecule has 0 N–H and O–H groups in total. The lowest BCUT2D eigenvalue weighted by atomic mass is 10.2. The normalized spacial score (nSPS) is 15.5. The highest BCUT2D eigenvalue weighted by Gasteiger charge is 2.19. The molecule has 0 radical (unpaired) electrons. The van der Waals surface area contributed by atoms with E-state index < -0.39 is 0 Å². The third-order valence-electron chi connectivity index (χ3n) is 6.27. The van der Waals surface area contributed by atoms with Crippen LogP contribution in [0.25, 0.3) is 22.8 Å². The quantitative estimate of drug-likeness (QED) is 0.304. The molecule has 0 atom stereocenters. The topological polar surface area (TPSA) is 50.7 Å². The molecule has 0 amide bonds. The first-order valence-electron chi connectivity index (χ1n) is 11.5. The third kappa shape index (κ3) is 4.40. The lowest BCUT2D eigenvalue weighted by Crippen LogP contribution is -2.46. The summed E-state index contributed by atoms with van der Waals surface area (Å²) in [5.41, 5.74) is 1.94. The van der Waals surface area contributed by atoms with Gasteiger partial charge in [-0.2, -0.15) is 0 Å². The van der Waals surface area contributed by atoms with Gasteiger partial charge in [-0.1, -0.05) is 60.7 Å². The number of allylic oxidation sites excluding steroid dienone is 1. The second-order valence-corrected chi connectivity index (χ2v) is 8.88. The summed E-state index contributed by atoms with van der Waals surface area (Å²) in [7, 11) is 0. The van der Waals surface area contributed by atoms with Crippen molar-refractivity contribution in [1.82, 2.24) is 28.5 Å². The molecule has 0 aliphatic carbocycles. The molecule has 34 heavy (non-hydrogen) atoms. The molecule has 2 aromatic heterocycles. The van der Waals surface area contributed by atoms with Gasteiger partial charge in [0.05, 0.1) is 17.6 Å². The Hall–Kier alpha value is -3.33. The van der Waals surface area contributed by atoms with Gasteiger partial charge in [0.2, 0.25) is 10.5 Å². The zero-order valence-corrected chi connectivity index (χ0v) is 19.9. The molecule has 0 unspecified atom stereocenters. The Morgan fingerprint density at radius 1 is 0.941 bits per heavy atom. The van der Waals surface area contributed by atoms with Crippen LogP contribution >= 0.6 is 12.2 Å². The average molecular weight is 473 g/mol. The zero-order valence-electron chi connectivity index (χ0n) is 19.1. The van der Waals surface area contributed by atoms with Gasteiger partial charge in [0.1, 0.15) is 0 Å². The molecule has 174 valence electrons. The third-order valence-corrected chi connectivity index (χ3v) is 6.66. The van der Waals surface area contributed by atoms with E-state index in [0.717, 1.165) is 38.2 Å². The van der Waals surface area contributed by atoms with Gasteiger partial charge in [-0.05, 0) is 29.9 Å². The van der Waals surface area contributed by atoms with Crippen molar-refractivity contribution in [1.29, 1.82) is 0 Å². The minimum absolute atomic E-state index is 0.0766. The minimum atomic E-state index is -0.0766. The number of hydrogen-bond donors (Lipinski definition) is 0. The Morgan fingerprint density at radius 2 is 1.65 bits per heavy atom. The largest absolute Gasteiger partial charge is 0.297 e. The minimum Gasteiger partial charge on any atom is -0.297 e. The maximum Gasteiger partial charge on any atom is 0.263 e. The molecule has 1 aliphatic rings. The highest BCUT2D eigenvalue weighted by molar-refractivity contribution is 7.71. The van der Waals surface area contributed by atoms with Gasteiger partial charge >= 0.3 is 0 Å². The number of para-hydroxylation sites is 1. The molecule has 0 saturated carbocycles. The number of piperazine rings is 1. The molecule has 1 fully saturated rings. The van der Waals surface area contributed by atoms with Crippen LogP contribution in [-0.4, -0.2) is 61.3 Å². The van der Waals surface area contributed by atoms with Crippen molar-refractivity contribution in [2.24, 2.45) is 0 Å². The Morgan fingerprint density at radius 3 is 2.41 bits per heavy atom. The lowest BCUT2D eigenvalue weighted by Gasteiger charge is -2.33. The molecule has 1 saturated heterocycles. The van der Waals surface area contributed by atoms with Gasteiger partial charge in [0.15, 0.2) is 0 Å². The molecule has 8 heteroatoms. The van der Waals surface area contributed by atoms with Gasteiger partial charge in [0, 0.05) is 39.3 Å². The van der Waals surface area contributed by atoms with Crippen LogP contribution in [0.3, 0.4) is 0 Å². The van der Waals surface area contributed by atoms with Crippen LogP contribution in [0.4, 0.5) is 0 Å². The van der Waals surface area contributed by atoms with Crippen molar-refractivity contribution in [2.75, 3.05) is 32.7 Å². The monoisotopic (exact) mass is 472 g/mol.